The van der Waals surface area contributed by atoms with Crippen LogP contribution in [0.5, 0.6) is 11.5 Å². The first kappa shape index (κ1) is 18.1. The van der Waals surface area contributed by atoms with Gasteiger partial charge >= 0.3 is 0 Å². The summed E-state index contributed by atoms with van der Waals surface area (Å²) >= 11 is 0. The van der Waals surface area contributed by atoms with Gasteiger partial charge in [-0.1, -0.05) is 43.7 Å². The molecule has 2 heterocycles. The van der Waals surface area contributed by atoms with E-state index in [4.69, 9.17) is 9.47 Å². The van der Waals surface area contributed by atoms with E-state index >= 15 is 0 Å². The fraction of sp³-hybridized carbons (Fsp3) is 0.273. The highest BCUT2D eigenvalue weighted by atomic mass is 16.7. The lowest BCUT2D eigenvalue weighted by Crippen LogP contribution is -2.30. The standard InChI is InChI=1S/C22H21NO5/c1-2-3-11-23-19(14-7-5-4-6-8-14)18(21(25)22(23)26)20(24)15-9-10-16-17(12-15)28-13-27-16/h4-10,12,19,24H,2-3,11,13H2,1H3/b20-18-. The van der Waals surface area contributed by atoms with E-state index in [9.17, 15) is 14.7 Å². The molecule has 0 radical (unpaired) electrons. The van der Waals surface area contributed by atoms with Crippen molar-refractivity contribution in [2.24, 2.45) is 0 Å². The maximum Gasteiger partial charge on any atom is 0.295 e. The molecule has 1 fully saturated rings. The van der Waals surface area contributed by atoms with Crippen LogP contribution >= 0.6 is 0 Å². The van der Waals surface area contributed by atoms with Crippen LogP contribution in [0.3, 0.4) is 0 Å². The van der Waals surface area contributed by atoms with E-state index < -0.39 is 17.7 Å². The lowest BCUT2D eigenvalue weighted by Gasteiger charge is -2.25. The number of likely N-dealkylation sites (tertiary alicyclic amines) is 1. The number of nitrogens with zero attached hydrogens (tertiary/aromatic N) is 1. The molecule has 0 aromatic heterocycles. The molecule has 6 heteroatoms. The number of benzene rings is 2. The van der Waals surface area contributed by atoms with E-state index in [1.165, 1.54) is 0 Å². The van der Waals surface area contributed by atoms with Crippen molar-refractivity contribution in [3.8, 4) is 11.5 Å². The van der Waals surface area contributed by atoms with E-state index in [0.717, 1.165) is 18.4 Å². The monoisotopic (exact) mass is 379 g/mol. The number of unbranched alkanes of at least 4 members (excludes halogenated alkanes) is 1. The zero-order valence-electron chi connectivity index (χ0n) is 15.6. The number of Topliss-reactive ketones (excluding diaryl/α,β-unsaturated/α-hetero) is 1. The van der Waals surface area contributed by atoms with Crippen LogP contribution in [0.25, 0.3) is 5.76 Å². The summed E-state index contributed by atoms with van der Waals surface area (Å²) in [5.41, 5.74) is 1.31. The van der Waals surface area contributed by atoms with Crippen molar-refractivity contribution in [1.29, 1.82) is 0 Å². The van der Waals surface area contributed by atoms with Crippen molar-refractivity contribution >= 4 is 17.4 Å². The lowest BCUT2D eigenvalue weighted by molar-refractivity contribution is -0.139. The summed E-state index contributed by atoms with van der Waals surface area (Å²) in [6.45, 7) is 2.60. The van der Waals surface area contributed by atoms with Gasteiger partial charge in [0.25, 0.3) is 11.7 Å². The first-order valence-electron chi connectivity index (χ1n) is 9.35. The van der Waals surface area contributed by atoms with Gasteiger partial charge in [-0.25, -0.2) is 0 Å². The normalized spacial score (nSPS) is 20.0. The van der Waals surface area contributed by atoms with Crippen LogP contribution in [0.2, 0.25) is 0 Å². The van der Waals surface area contributed by atoms with Crippen molar-refractivity contribution in [3.05, 3.63) is 65.2 Å². The first-order valence-corrected chi connectivity index (χ1v) is 9.35. The molecule has 1 atom stereocenters. The lowest BCUT2D eigenvalue weighted by atomic mass is 9.95. The number of fused-ring (bicyclic) bond motifs is 1. The molecule has 2 aliphatic heterocycles. The van der Waals surface area contributed by atoms with Gasteiger partial charge in [-0.05, 0) is 30.2 Å². The molecule has 1 unspecified atom stereocenters. The first-order chi connectivity index (χ1) is 13.6. The summed E-state index contributed by atoms with van der Waals surface area (Å²) in [7, 11) is 0. The van der Waals surface area contributed by atoms with Crippen LogP contribution in [0.1, 0.15) is 36.9 Å². The van der Waals surface area contributed by atoms with Crippen LogP contribution in [-0.2, 0) is 9.59 Å². The molecule has 0 saturated carbocycles. The van der Waals surface area contributed by atoms with Gasteiger partial charge < -0.3 is 19.5 Å². The minimum atomic E-state index is -0.667. The fourth-order valence-electron chi connectivity index (χ4n) is 3.62. The molecular formula is C22H21NO5. The Labute approximate surface area is 163 Å². The van der Waals surface area contributed by atoms with Crippen molar-refractivity contribution in [2.45, 2.75) is 25.8 Å². The predicted octanol–water partition coefficient (Wildman–Crippen LogP) is 3.64. The quantitative estimate of drug-likeness (QED) is 0.488. The summed E-state index contributed by atoms with van der Waals surface area (Å²) in [6.07, 6.45) is 1.67. The van der Waals surface area contributed by atoms with Gasteiger partial charge in [0.1, 0.15) is 5.76 Å². The average molecular weight is 379 g/mol. The van der Waals surface area contributed by atoms with Crippen LogP contribution in [0.4, 0.5) is 0 Å². The van der Waals surface area contributed by atoms with Gasteiger partial charge in [-0.2, -0.15) is 0 Å². The van der Waals surface area contributed by atoms with E-state index in [1.54, 1.807) is 23.1 Å². The second-order valence-electron chi connectivity index (χ2n) is 6.82. The average Bonchev–Trinajstić information content (AvgIpc) is 3.29. The number of carbonyl (C=O) groups is 2. The molecule has 2 aromatic carbocycles. The summed E-state index contributed by atoms with van der Waals surface area (Å²) in [4.78, 5) is 27.1. The third-order valence-electron chi connectivity index (χ3n) is 5.05. The summed E-state index contributed by atoms with van der Waals surface area (Å²) in [5, 5.41) is 11.0. The van der Waals surface area contributed by atoms with Crippen LogP contribution in [0.15, 0.2) is 54.1 Å². The molecule has 2 aliphatic rings. The number of amides is 1. The van der Waals surface area contributed by atoms with Crippen molar-refractivity contribution in [3.63, 3.8) is 0 Å². The smallest absolute Gasteiger partial charge is 0.295 e. The molecule has 1 N–H and O–H groups in total. The summed E-state index contributed by atoms with van der Waals surface area (Å²) < 4.78 is 10.7. The van der Waals surface area contributed by atoms with Gasteiger partial charge in [0.15, 0.2) is 11.5 Å². The zero-order valence-corrected chi connectivity index (χ0v) is 15.6. The highest BCUT2D eigenvalue weighted by Gasteiger charge is 2.45. The number of aliphatic hydroxyl groups is 1. The van der Waals surface area contributed by atoms with Gasteiger partial charge in [0.05, 0.1) is 11.6 Å². The third-order valence-corrected chi connectivity index (χ3v) is 5.05. The Morgan fingerprint density at radius 2 is 1.86 bits per heavy atom. The minimum absolute atomic E-state index is 0.103. The Kier molecular flexibility index (Phi) is 4.77. The Morgan fingerprint density at radius 1 is 1.11 bits per heavy atom. The van der Waals surface area contributed by atoms with Crippen molar-refractivity contribution < 1.29 is 24.2 Å². The number of ketones is 1. The maximum atomic E-state index is 12.8. The molecule has 2 aromatic rings. The second kappa shape index (κ2) is 7.38. The van der Waals surface area contributed by atoms with Gasteiger partial charge in [0, 0.05) is 12.1 Å². The van der Waals surface area contributed by atoms with Gasteiger partial charge in [-0.15, -0.1) is 0 Å². The SMILES string of the molecule is CCCCN1C(=O)C(=O)/C(=C(\O)c2ccc3c(c2)OCO3)C1c1ccccc1. The van der Waals surface area contributed by atoms with E-state index in [1.807, 2.05) is 37.3 Å². The number of carbonyl (C=O) groups excluding carboxylic acids is 2. The van der Waals surface area contributed by atoms with Crippen LogP contribution in [0, 0.1) is 0 Å². The molecule has 1 amide bonds. The maximum absolute atomic E-state index is 12.8. The molecule has 4 rings (SSSR count). The molecular weight excluding hydrogens is 358 g/mol. The van der Waals surface area contributed by atoms with Crippen molar-refractivity contribution in [2.75, 3.05) is 13.3 Å². The van der Waals surface area contributed by atoms with Crippen molar-refractivity contribution in [1.82, 2.24) is 4.90 Å². The Hall–Kier alpha value is -3.28. The fourth-order valence-corrected chi connectivity index (χ4v) is 3.62. The molecule has 1 saturated heterocycles. The largest absolute Gasteiger partial charge is 0.507 e. The molecule has 0 bridgehead atoms. The highest BCUT2D eigenvalue weighted by molar-refractivity contribution is 6.46. The number of hydrogen-bond acceptors (Lipinski definition) is 5. The Morgan fingerprint density at radius 3 is 2.61 bits per heavy atom. The Bertz CT molecular complexity index is 951. The molecule has 0 aliphatic carbocycles. The van der Waals surface area contributed by atoms with Crippen LogP contribution in [-0.4, -0.2) is 35.0 Å². The summed E-state index contributed by atoms with van der Waals surface area (Å²) in [6, 6.07) is 13.7. The molecule has 144 valence electrons. The molecule has 6 nitrogen and oxygen atoms in total. The topological polar surface area (TPSA) is 76.1 Å². The number of hydrogen-bond donors (Lipinski definition) is 1. The molecule has 28 heavy (non-hydrogen) atoms. The number of ether oxygens (including phenoxy) is 2. The minimum Gasteiger partial charge on any atom is -0.507 e. The Balaban J connectivity index is 1.83. The second-order valence-corrected chi connectivity index (χ2v) is 6.82. The van der Waals surface area contributed by atoms with E-state index in [0.29, 0.717) is 23.6 Å². The van der Waals surface area contributed by atoms with Gasteiger partial charge in [-0.3, -0.25) is 9.59 Å². The summed E-state index contributed by atoms with van der Waals surface area (Å²) in [5.74, 6) is -0.366. The van der Waals surface area contributed by atoms with E-state index in [-0.39, 0.29) is 18.1 Å². The van der Waals surface area contributed by atoms with E-state index in [2.05, 4.69) is 0 Å². The number of aliphatic hydroxyl groups excluding tert-OH is 1. The highest BCUT2D eigenvalue weighted by Crippen LogP contribution is 2.41. The third kappa shape index (κ3) is 3.01. The predicted molar refractivity (Wildman–Crippen MR) is 103 cm³/mol. The number of rotatable bonds is 5. The molecule has 0 spiro atoms. The zero-order chi connectivity index (χ0) is 19.7. The van der Waals surface area contributed by atoms with Crippen LogP contribution < -0.4 is 9.47 Å². The van der Waals surface area contributed by atoms with Gasteiger partial charge in [0.2, 0.25) is 6.79 Å².